The van der Waals surface area contributed by atoms with E-state index in [4.69, 9.17) is 15.2 Å². The fourth-order valence-electron chi connectivity index (χ4n) is 1.98. The molecule has 3 N–H and O–H groups in total. The number of carbonyl (C=O) groups excluding carboxylic acids is 1. The van der Waals surface area contributed by atoms with Gasteiger partial charge in [-0.1, -0.05) is 0 Å². The molecule has 0 saturated heterocycles. The maximum Gasteiger partial charge on any atom is 0.237 e. The van der Waals surface area contributed by atoms with Crippen molar-refractivity contribution in [3.8, 4) is 11.5 Å². The molecule has 1 aromatic carbocycles. The monoisotopic (exact) mass is 310 g/mol. The Morgan fingerprint density at radius 2 is 2.10 bits per heavy atom. The van der Waals surface area contributed by atoms with Crippen LogP contribution < -0.4 is 20.5 Å². The average Bonchev–Trinajstić information content (AvgIpc) is 2.71. The first-order valence-corrected chi connectivity index (χ1v) is 8.05. The van der Waals surface area contributed by atoms with Crippen molar-refractivity contribution in [3.63, 3.8) is 0 Å². The molecule has 116 valence electrons. The van der Waals surface area contributed by atoms with Crippen molar-refractivity contribution >= 4 is 17.7 Å². The van der Waals surface area contributed by atoms with E-state index in [0.29, 0.717) is 19.6 Å². The number of nitrogens with one attached hydrogen (secondary N) is 1. The molecular formula is C15H22N2O3S. The summed E-state index contributed by atoms with van der Waals surface area (Å²) in [6.45, 7) is 3.20. The standard InChI is InChI=1S/C15H22N2O3S/c1-15(17-2,14(16)18)6-9-21-11-4-5-12-13(10-11)20-8-3-7-19-12/h4-5,10,17H,3,6-9H2,1-2H3,(H2,16,18). The molecule has 0 aromatic heterocycles. The summed E-state index contributed by atoms with van der Waals surface area (Å²) in [7, 11) is 1.75. The third kappa shape index (κ3) is 4.04. The van der Waals surface area contributed by atoms with Gasteiger partial charge in [0.2, 0.25) is 5.91 Å². The zero-order chi connectivity index (χ0) is 15.3. The molecule has 0 fully saturated rings. The molecule has 0 bridgehead atoms. The quantitative estimate of drug-likeness (QED) is 0.784. The van der Waals surface area contributed by atoms with Crippen LogP contribution in [0.3, 0.4) is 0 Å². The fraction of sp³-hybridized carbons (Fsp3) is 0.533. The Bertz CT molecular complexity index is 510. The lowest BCUT2D eigenvalue weighted by Crippen LogP contribution is -2.51. The predicted octanol–water partition coefficient (Wildman–Crippen LogP) is 1.79. The Morgan fingerprint density at radius 3 is 2.76 bits per heavy atom. The highest BCUT2D eigenvalue weighted by Gasteiger charge is 2.28. The number of primary amides is 1. The lowest BCUT2D eigenvalue weighted by atomic mass is 9.99. The number of amides is 1. The number of fused-ring (bicyclic) bond motifs is 1. The van der Waals surface area contributed by atoms with Gasteiger partial charge in [-0.25, -0.2) is 0 Å². The minimum absolute atomic E-state index is 0.329. The minimum Gasteiger partial charge on any atom is -0.490 e. The third-order valence-electron chi connectivity index (χ3n) is 3.69. The van der Waals surface area contributed by atoms with Crippen LogP contribution in [0.4, 0.5) is 0 Å². The molecule has 1 aliphatic rings. The van der Waals surface area contributed by atoms with Crippen LogP contribution in [0.1, 0.15) is 19.8 Å². The Morgan fingerprint density at radius 1 is 1.38 bits per heavy atom. The number of thioether (sulfide) groups is 1. The summed E-state index contributed by atoms with van der Waals surface area (Å²) >= 11 is 1.68. The van der Waals surface area contributed by atoms with Crippen LogP contribution in [0.5, 0.6) is 11.5 Å². The summed E-state index contributed by atoms with van der Waals surface area (Å²) in [6, 6.07) is 5.94. The number of carbonyl (C=O) groups is 1. The summed E-state index contributed by atoms with van der Waals surface area (Å²) in [5.41, 5.74) is 4.75. The number of hydrogen-bond acceptors (Lipinski definition) is 5. The maximum atomic E-state index is 11.4. The number of nitrogens with two attached hydrogens (primary N) is 1. The first-order valence-electron chi connectivity index (χ1n) is 7.06. The lowest BCUT2D eigenvalue weighted by molar-refractivity contribution is -0.123. The molecule has 1 heterocycles. The van der Waals surface area contributed by atoms with Crippen LogP contribution in [-0.2, 0) is 4.79 Å². The molecule has 1 aromatic rings. The Labute approximate surface area is 129 Å². The van der Waals surface area contributed by atoms with Gasteiger partial charge >= 0.3 is 0 Å². The number of benzene rings is 1. The van der Waals surface area contributed by atoms with E-state index in [1.165, 1.54) is 0 Å². The van der Waals surface area contributed by atoms with Crippen LogP contribution in [0.2, 0.25) is 0 Å². The lowest BCUT2D eigenvalue weighted by Gasteiger charge is -2.25. The van der Waals surface area contributed by atoms with E-state index in [1.54, 1.807) is 18.8 Å². The SMILES string of the molecule is CNC(C)(CCSc1ccc2c(c1)OCCCO2)C(N)=O. The molecule has 21 heavy (non-hydrogen) atoms. The summed E-state index contributed by atoms with van der Waals surface area (Å²) in [6.07, 6.45) is 1.56. The van der Waals surface area contributed by atoms with E-state index in [0.717, 1.165) is 28.6 Å². The van der Waals surface area contributed by atoms with Crippen molar-refractivity contribution in [2.75, 3.05) is 26.0 Å². The van der Waals surface area contributed by atoms with Gasteiger partial charge in [0.05, 0.1) is 18.8 Å². The number of ether oxygens (including phenoxy) is 2. The van der Waals surface area contributed by atoms with E-state index in [9.17, 15) is 4.79 Å². The van der Waals surface area contributed by atoms with Gasteiger partial charge < -0.3 is 20.5 Å². The van der Waals surface area contributed by atoms with Gasteiger partial charge in [-0.15, -0.1) is 11.8 Å². The van der Waals surface area contributed by atoms with Gasteiger partial charge in [0, 0.05) is 17.1 Å². The van der Waals surface area contributed by atoms with E-state index >= 15 is 0 Å². The molecule has 2 rings (SSSR count). The zero-order valence-electron chi connectivity index (χ0n) is 12.5. The van der Waals surface area contributed by atoms with Crippen molar-refractivity contribution in [2.24, 2.45) is 5.73 Å². The highest BCUT2D eigenvalue weighted by Crippen LogP contribution is 2.34. The molecular weight excluding hydrogens is 288 g/mol. The van der Waals surface area contributed by atoms with E-state index in [2.05, 4.69) is 5.32 Å². The maximum absolute atomic E-state index is 11.4. The smallest absolute Gasteiger partial charge is 0.237 e. The number of rotatable bonds is 6. The topological polar surface area (TPSA) is 73.6 Å². The van der Waals surface area contributed by atoms with Crippen LogP contribution in [0.25, 0.3) is 0 Å². The predicted molar refractivity (Wildman–Crippen MR) is 84.0 cm³/mol. The average molecular weight is 310 g/mol. The number of hydrogen-bond donors (Lipinski definition) is 2. The molecule has 0 spiro atoms. The third-order valence-corrected chi connectivity index (χ3v) is 4.68. The highest BCUT2D eigenvalue weighted by molar-refractivity contribution is 7.99. The second kappa shape index (κ2) is 7.04. The van der Waals surface area contributed by atoms with E-state index < -0.39 is 5.54 Å². The minimum atomic E-state index is -0.668. The fourth-order valence-corrected chi connectivity index (χ4v) is 3.08. The summed E-state index contributed by atoms with van der Waals surface area (Å²) in [5, 5.41) is 2.99. The Kier molecular flexibility index (Phi) is 5.36. The van der Waals surface area contributed by atoms with E-state index in [1.807, 2.05) is 25.1 Å². The van der Waals surface area contributed by atoms with Crippen molar-refractivity contribution in [1.82, 2.24) is 5.32 Å². The largest absolute Gasteiger partial charge is 0.490 e. The molecule has 5 nitrogen and oxygen atoms in total. The summed E-state index contributed by atoms with van der Waals surface area (Å²) < 4.78 is 11.3. The number of likely N-dealkylation sites (N-methyl/N-ethyl adjacent to an activating group) is 1. The molecule has 6 heteroatoms. The zero-order valence-corrected chi connectivity index (χ0v) is 13.3. The second-order valence-corrected chi connectivity index (χ2v) is 6.37. The molecule has 1 amide bonds. The summed E-state index contributed by atoms with van der Waals surface area (Å²) in [5.74, 6) is 2.06. The molecule has 1 unspecified atom stereocenters. The Hall–Kier alpha value is -1.40. The van der Waals surface area contributed by atoms with Crippen LogP contribution in [0, 0.1) is 0 Å². The van der Waals surface area contributed by atoms with Gasteiger partial charge in [-0.2, -0.15) is 0 Å². The molecule has 0 radical (unpaired) electrons. The normalized spacial score (nSPS) is 16.9. The molecule has 0 saturated carbocycles. The molecule has 1 aliphatic heterocycles. The van der Waals surface area contributed by atoms with Gasteiger partial charge in [0.25, 0.3) is 0 Å². The van der Waals surface area contributed by atoms with Gasteiger partial charge in [0.1, 0.15) is 0 Å². The first-order chi connectivity index (χ1) is 10.0. The van der Waals surface area contributed by atoms with Gasteiger partial charge in [0.15, 0.2) is 11.5 Å². The Balaban J connectivity index is 1.95. The van der Waals surface area contributed by atoms with Crippen LogP contribution in [-0.4, -0.2) is 37.5 Å². The van der Waals surface area contributed by atoms with Crippen LogP contribution >= 0.6 is 11.8 Å². The second-order valence-electron chi connectivity index (χ2n) is 5.20. The van der Waals surface area contributed by atoms with Crippen LogP contribution in [0.15, 0.2) is 23.1 Å². The van der Waals surface area contributed by atoms with Gasteiger partial charge in [-0.3, -0.25) is 4.79 Å². The van der Waals surface area contributed by atoms with Crippen molar-refractivity contribution in [3.05, 3.63) is 18.2 Å². The van der Waals surface area contributed by atoms with Crippen molar-refractivity contribution in [2.45, 2.75) is 30.2 Å². The summed E-state index contributed by atoms with van der Waals surface area (Å²) in [4.78, 5) is 12.5. The molecule has 1 atom stereocenters. The van der Waals surface area contributed by atoms with E-state index in [-0.39, 0.29) is 5.91 Å². The highest BCUT2D eigenvalue weighted by atomic mass is 32.2. The van der Waals surface area contributed by atoms with Crippen molar-refractivity contribution in [1.29, 1.82) is 0 Å². The van der Waals surface area contributed by atoms with Gasteiger partial charge in [-0.05, 0) is 38.6 Å². The first kappa shape index (κ1) is 16.0. The molecule has 0 aliphatic carbocycles. The van der Waals surface area contributed by atoms with Crippen molar-refractivity contribution < 1.29 is 14.3 Å².